The van der Waals surface area contributed by atoms with Crippen molar-refractivity contribution in [3.8, 4) is 10.7 Å². The number of halogens is 1. The van der Waals surface area contributed by atoms with Crippen molar-refractivity contribution in [1.82, 2.24) is 15.3 Å². The van der Waals surface area contributed by atoms with Crippen LogP contribution in [0, 0.1) is 0 Å². The molecule has 132 valence electrons. The maximum atomic E-state index is 10.00. The number of anilines is 1. The van der Waals surface area contributed by atoms with Crippen molar-refractivity contribution in [2.75, 3.05) is 25.0 Å². The van der Waals surface area contributed by atoms with Gasteiger partial charge < -0.3 is 15.7 Å². The SMILES string of the molecule is Cl.OCC1(Nc2nc(-c3cccs3)nc3ccccc23)CCNCC1. The highest BCUT2D eigenvalue weighted by Gasteiger charge is 2.32. The average molecular weight is 377 g/mol. The molecule has 1 aromatic carbocycles. The number of rotatable bonds is 4. The van der Waals surface area contributed by atoms with Crippen LogP contribution in [0.1, 0.15) is 12.8 Å². The molecule has 3 heterocycles. The van der Waals surface area contributed by atoms with E-state index < -0.39 is 0 Å². The molecule has 0 saturated carbocycles. The Morgan fingerprint density at radius 1 is 1.12 bits per heavy atom. The van der Waals surface area contributed by atoms with Crippen LogP contribution in [0.2, 0.25) is 0 Å². The lowest BCUT2D eigenvalue weighted by Crippen LogP contribution is -2.50. The molecule has 0 spiro atoms. The van der Waals surface area contributed by atoms with Crippen LogP contribution >= 0.6 is 23.7 Å². The number of aliphatic hydroxyl groups is 1. The fourth-order valence-electron chi connectivity index (χ4n) is 3.17. The van der Waals surface area contributed by atoms with E-state index in [1.54, 1.807) is 11.3 Å². The first-order valence-corrected chi connectivity index (χ1v) is 9.08. The first kappa shape index (κ1) is 18.1. The van der Waals surface area contributed by atoms with Crippen molar-refractivity contribution in [3.05, 3.63) is 41.8 Å². The van der Waals surface area contributed by atoms with Crippen molar-refractivity contribution in [1.29, 1.82) is 0 Å². The van der Waals surface area contributed by atoms with Gasteiger partial charge >= 0.3 is 0 Å². The van der Waals surface area contributed by atoms with Crippen LogP contribution in [0.4, 0.5) is 5.82 Å². The largest absolute Gasteiger partial charge is 0.394 e. The molecule has 3 aromatic rings. The maximum Gasteiger partial charge on any atom is 0.172 e. The number of aromatic nitrogens is 2. The van der Waals surface area contributed by atoms with E-state index in [4.69, 9.17) is 9.97 Å². The number of aliphatic hydroxyl groups excluding tert-OH is 1. The van der Waals surface area contributed by atoms with E-state index in [9.17, 15) is 5.11 Å². The van der Waals surface area contributed by atoms with Gasteiger partial charge in [-0.05, 0) is 49.5 Å². The second kappa shape index (κ2) is 7.66. The van der Waals surface area contributed by atoms with E-state index in [0.717, 1.165) is 53.4 Å². The molecule has 1 fully saturated rings. The Hall–Kier alpha value is -1.73. The summed E-state index contributed by atoms with van der Waals surface area (Å²) in [6.07, 6.45) is 1.74. The molecule has 0 radical (unpaired) electrons. The Morgan fingerprint density at radius 3 is 2.64 bits per heavy atom. The average Bonchev–Trinajstić information content (AvgIpc) is 3.17. The van der Waals surface area contributed by atoms with Crippen LogP contribution in [0.15, 0.2) is 41.8 Å². The van der Waals surface area contributed by atoms with Gasteiger partial charge in [0.05, 0.1) is 22.5 Å². The van der Waals surface area contributed by atoms with Gasteiger partial charge in [0, 0.05) is 5.39 Å². The number of fused-ring (bicyclic) bond motifs is 1. The molecule has 0 atom stereocenters. The molecule has 0 bridgehead atoms. The quantitative estimate of drug-likeness (QED) is 0.651. The first-order valence-electron chi connectivity index (χ1n) is 8.20. The van der Waals surface area contributed by atoms with Crippen LogP contribution in [0.25, 0.3) is 21.6 Å². The fourth-order valence-corrected chi connectivity index (χ4v) is 3.82. The zero-order chi connectivity index (χ0) is 16.4. The predicted molar refractivity (Wildman–Crippen MR) is 106 cm³/mol. The van der Waals surface area contributed by atoms with E-state index in [2.05, 4.69) is 10.6 Å². The van der Waals surface area contributed by atoms with Crippen LogP contribution in [-0.4, -0.2) is 40.3 Å². The van der Waals surface area contributed by atoms with Crippen LogP contribution < -0.4 is 10.6 Å². The zero-order valence-corrected chi connectivity index (χ0v) is 15.4. The topological polar surface area (TPSA) is 70.1 Å². The van der Waals surface area contributed by atoms with Gasteiger partial charge in [0.1, 0.15) is 5.82 Å². The summed E-state index contributed by atoms with van der Waals surface area (Å²) in [6.45, 7) is 1.89. The summed E-state index contributed by atoms with van der Waals surface area (Å²) in [5, 5.41) is 19.9. The zero-order valence-electron chi connectivity index (χ0n) is 13.7. The van der Waals surface area contributed by atoms with Gasteiger partial charge in [0.2, 0.25) is 0 Å². The molecule has 1 saturated heterocycles. The van der Waals surface area contributed by atoms with Gasteiger partial charge in [-0.25, -0.2) is 9.97 Å². The molecule has 3 N–H and O–H groups in total. The molecule has 7 heteroatoms. The van der Waals surface area contributed by atoms with Crippen molar-refractivity contribution in [2.45, 2.75) is 18.4 Å². The van der Waals surface area contributed by atoms with E-state index in [1.807, 2.05) is 41.8 Å². The number of nitrogens with one attached hydrogen (secondary N) is 2. The summed E-state index contributed by atoms with van der Waals surface area (Å²) in [7, 11) is 0. The monoisotopic (exact) mass is 376 g/mol. The minimum absolute atomic E-state index is 0. The fraction of sp³-hybridized carbons (Fsp3) is 0.333. The van der Waals surface area contributed by atoms with Crippen LogP contribution in [-0.2, 0) is 0 Å². The third-order valence-corrected chi connectivity index (χ3v) is 5.46. The molecule has 4 rings (SSSR count). The molecule has 2 aromatic heterocycles. The van der Waals surface area contributed by atoms with E-state index in [-0.39, 0.29) is 24.6 Å². The number of benzene rings is 1. The minimum atomic E-state index is -0.324. The first-order chi connectivity index (χ1) is 11.8. The summed E-state index contributed by atoms with van der Waals surface area (Å²) in [6, 6.07) is 12.1. The number of piperidine rings is 1. The summed E-state index contributed by atoms with van der Waals surface area (Å²) in [4.78, 5) is 10.5. The molecular weight excluding hydrogens is 356 g/mol. The summed E-state index contributed by atoms with van der Waals surface area (Å²) >= 11 is 1.63. The summed E-state index contributed by atoms with van der Waals surface area (Å²) in [5.41, 5.74) is 0.593. The Labute approximate surface area is 156 Å². The smallest absolute Gasteiger partial charge is 0.172 e. The normalized spacial score (nSPS) is 16.4. The number of hydrogen-bond donors (Lipinski definition) is 3. The Balaban J connectivity index is 0.00000182. The summed E-state index contributed by atoms with van der Waals surface area (Å²) in [5.74, 6) is 1.54. The highest BCUT2D eigenvalue weighted by atomic mass is 35.5. The standard InChI is InChI=1S/C18H20N4OS.ClH/c23-12-18(7-9-19-10-8-18)22-16-13-4-1-2-5-14(13)20-17(21-16)15-6-3-11-24-15;/h1-6,11,19,23H,7-10,12H2,(H,20,21,22);1H. The predicted octanol–water partition coefficient (Wildman–Crippen LogP) is 3.31. The second-order valence-corrected chi connectivity index (χ2v) is 7.15. The highest BCUT2D eigenvalue weighted by Crippen LogP contribution is 2.31. The Kier molecular flexibility index (Phi) is 5.54. The molecule has 0 unspecified atom stereocenters. The lowest BCUT2D eigenvalue weighted by molar-refractivity contribution is 0.178. The number of nitrogens with zero attached hydrogens (tertiary/aromatic N) is 2. The van der Waals surface area contributed by atoms with Gasteiger partial charge in [-0.3, -0.25) is 0 Å². The van der Waals surface area contributed by atoms with Gasteiger partial charge in [-0.1, -0.05) is 18.2 Å². The van der Waals surface area contributed by atoms with E-state index in [0.29, 0.717) is 0 Å². The Morgan fingerprint density at radius 2 is 1.92 bits per heavy atom. The van der Waals surface area contributed by atoms with Gasteiger partial charge in [0.15, 0.2) is 5.82 Å². The molecule has 1 aliphatic heterocycles. The number of para-hydroxylation sites is 1. The minimum Gasteiger partial charge on any atom is -0.394 e. The lowest BCUT2D eigenvalue weighted by Gasteiger charge is -2.37. The number of hydrogen-bond acceptors (Lipinski definition) is 6. The summed E-state index contributed by atoms with van der Waals surface area (Å²) < 4.78 is 0. The van der Waals surface area contributed by atoms with Gasteiger partial charge in [-0.2, -0.15) is 0 Å². The van der Waals surface area contributed by atoms with Crippen LogP contribution in [0.5, 0.6) is 0 Å². The molecule has 0 amide bonds. The van der Waals surface area contributed by atoms with E-state index in [1.165, 1.54) is 0 Å². The van der Waals surface area contributed by atoms with Gasteiger partial charge in [-0.15, -0.1) is 23.7 Å². The maximum absolute atomic E-state index is 10.00. The lowest BCUT2D eigenvalue weighted by atomic mass is 9.89. The molecule has 25 heavy (non-hydrogen) atoms. The molecule has 5 nitrogen and oxygen atoms in total. The second-order valence-electron chi connectivity index (χ2n) is 6.20. The van der Waals surface area contributed by atoms with Crippen molar-refractivity contribution >= 4 is 40.5 Å². The Bertz CT molecular complexity index is 834. The van der Waals surface area contributed by atoms with Crippen molar-refractivity contribution < 1.29 is 5.11 Å². The highest BCUT2D eigenvalue weighted by molar-refractivity contribution is 7.13. The van der Waals surface area contributed by atoms with Crippen molar-refractivity contribution in [3.63, 3.8) is 0 Å². The third-order valence-electron chi connectivity index (χ3n) is 4.59. The number of thiophene rings is 1. The van der Waals surface area contributed by atoms with Gasteiger partial charge in [0.25, 0.3) is 0 Å². The van der Waals surface area contributed by atoms with Crippen LogP contribution in [0.3, 0.4) is 0 Å². The molecule has 1 aliphatic rings. The molecule has 0 aliphatic carbocycles. The third kappa shape index (κ3) is 3.62. The van der Waals surface area contributed by atoms with E-state index >= 15 is 0 Å². The molecular formula is C18H21ClN4OS. The van der Waals surface area contributed by atoms with Crippen molar-refractivity contribution in [2.24, 2.45) is 0 Å².